The van der Waals surface area contributed by atoms with Crippen LogP contribution in [0.25, 0.3) is 0 Å². The molecule has 1 aromatic rings. The second-order valence-corrected chi connectivity index (χ2v) is 6.65. The van der Waals surface area contributed by atoms with Gasteiger partial charge in [0.25, 0.3) is 5.91 Å². The van der Waals surface area contributed by atoms with E-state index in [0.717, 1.165) is 32.2 Å². The van der Waals surface area contributed by atoms with Gasteiger partial charge in [-0.2, -0.15) is 0 Å². The summed E-state index contributed by atoms with van der Waals surface area (Å²) in [5.74, 6) is 0.142. The van der Waals surface area contributed by atoms with Gasteiger partial charge in [0.05, 0.1) is 18.6 Å². The molecule has 1 heterocycles. The third-order valence-electron chi connectivity index (χ3n) is 4.46. The second kappa shape index (κ2) is 9.36. The summed E-state index contributed by atoms with van der Waals surface area (Å²) < 4.78 is 4.99. The zero-order valence-electron chi connectivity index (χ0n) is 15.2. The summed E-state index contributed by atoms with van der Waals surface area (Å²) in [7, 11) is 5.55. The number of amides is 2. The van der Waals surface area contributed by atoms with Crippen molar-refractivity contribution in [3.8, 4) is 5.88 Å². The molecule has 0 spiro atoms. The fraction of sp³-hybridized carbons (Fsp3) is 0.611. The molecule has 0 saturated heterocycles. The normalized spacial score (nSPS) is 19.7. The number of rotatable bonds is 8. The molecule has 2 amide bonds. The summed E-state index contributed by atoms with van der Waals surface area (Å²) in [5, 5.41) is 5.98. The van der Waals surface area contributed by atoms with Crippen molar-refractivity contribution in [1.82, 2.24) is 20.5 Å². The van der Waals surface area contributed by atoms with Crippen LogP contribution in [0.4, 0.5) is 0 Å². The quantitative estimate of drug-likeness (QED) is 0.686. The van der Waals surface area contributed by atoms with Gasteiger partial charge in [0.2, 0.25) is 11.8 Å². The molecular weight excluding hydrogens is 320 g/mol. The van der Waals surface area contributed by atoms with Crippen LogP contribution in [0, 0.1) is 5.92 Å². The Morgan fingerprint density at radius 1 is 1.32 bits per heavy atom. The van der Waals surface area contributed by atoms with E-state index in [9.17, 15) is 9.59 Å². The van der Waals surface area contributed by atoms with Crippen LogP contribution in [0.3, 0.4) is 0 Å². The number of pyridine rings is 1. The molecule has 1 aliphatic rings. The maximum Gasteiger partial charge on any atom is 0.253 e. The highest BCUT2D eigenvalue weighted by atomic mass is 16.5. The first kappa shape index (κ1) is 19.2. The zero-order valence-corrected chi connectivity index (χ0v) is 15.2. The lowest BCUT2D eigenvalue weighted by molar-refractivity contribution is -0.125. The van der Waals surface area contributed by atoms with Crippen molar-refractivity contribution in [2.45, 2.75) is 31.7 Å². The van der Waals surface area contributed by atoms with Crippen LogP contribution >= 0.6 is 0 Å². The highest BCUT2D eigenvalue weighted by Gasteiger charge is 2.34. The highest BCUT2D eigenvalue weighted by molar-refractivity contribution is 5.94. The summed E-state index contributed by atoms with van der Waals surface area (Å²) >= 11 is 0. The number of carbonyl (C=O) groups is 2. The van der Waals surface area contributed by atoms with Crippen LogP contribution in [0.2, 0.25) is 0 Å². The predicted octanol–water partition coefficient (Wildman–Crippen LogP) is 1.06. The monoisotopic (exact) mass is 348 g/mol. The minimum absolute atomic E-state index is 0.0365. The molecule has 138 valence electrons. The van der Waals surface area contributed by atoms with Crippen LogP contribution in [-0.4, -0.2) is 62.0 Å². The van der Waals surface area contributed by atoms with Gasteiger partial charge in [-0.05, 0) is 46.0 Å². The molecule has 0 aromatic carbocycles. The number of carbonyl (C=O) groups excluding carboxylic acids is 2. The Bertz CT molecular complexity index is 574. The van der Waals surface area contributed by atoms with E-state index >= 15 is 0 Å². The van der Waals surface area contributed by atoms with Crippen LogP contribution in [0.15, 0.2) is 18.3 Å². The molecule has 1 fully saturated rings. The van der Waals surface area contributed by atoms with Crippen molar-refractivity contribution in [3.63, 3.8) is 0 Å². The second-order valence-electron chi connectivity index (χ2n) is 6.65. The Kier molecular flexibility index (Phi) is 7.18. The molecule has 2 rings (SSSR count). The van der Waals surface area contributed by atoms with E-state index in [-0.39, 0.29) is 23.8 Å². The lowest BCUT2D eigenvalue weighted by Gasteiger charge is -2.21. The van der Waals surface area contributed by atoms with Crippen LogP contribution in [0.1, 0.15) is 36.0 Å². The number of hydrogen-bond donors (Lipinski definition) is 2. The SMILES string of the molecule is COc1ccc(C(=O)N[C@@H]2CCC[C@@H]2C(=O)NCCCN(C)C)cn1. The van der Waals surface area contributed by atoms with Gasteiger partial charge in [-0.3, -0.25) is 9.59 Å². The first-order chi connectivity index (χ1) is 12.0. The van der Waals surface area contributed by atoms with Gasteiger partial charge in [0, 0.05) is 24.8 Å². The minimum atomic E-state index is -0.201. The minimum Gasteiger partial charge on any atom is -0.481 e. The first-order valence-electron chi connectivity index (χ1n) is 8.74. The Balaban J connectivity index is 1.85. The van der Waals surface area contributed by atoms with Gasteiger partial charge in [-0.25, -0.2) is 4.98 Å². The van der Waals surface area contributed by atoms with Crippen molar-refractivity contribution in [2.75, 3.05) is 34.3 Å². The molecule has 0 unspecified atom stereocenters. The molecule has 1 aliphatic carbocycles. The van der Waals surface area contributed by atoms with Crippen molar-refractivity contribution in [3.05, 3.63) is 23.9 Å². The third-order valence-corrected chi connectivity index (χ3v) is 4.46. The lowest BCUT2D eigenvalue weighted by Crippen LogP contribution is -2.44. The summed E-state index contributed by atoms with van der Waals surface area (Å²) in [4.78, 5) is 30.9. The van der Waals surface area contributed by atoms with Crippen molar-refractivity contribution in [2.24, 2.45) is 5.92 Å². The smallest absolute Gasteiger partial charge is 0.253 e. The molecule has 2 N–H and O–H groups in total. The number of aromatic nitrogens is 1. The molecule has 0 bridgehead atoms. The largest absolute Gasteiger partial charge is 0.481 e. The number of ether oxygens (including phenoxy) is 1. The molecule has 1 saturated carbocycles. The molecule has 1 aromatic heterocycles. The molecule has 0 radical (unpaired) electrons. The average Bonchev–Trinajstić information content (AvgIpc) is 3.06. The van der Waals surface area contributed by atoms with Crippen LogP contribution in [0.5, 0.6) is 5.88 Å². The Labute approximate surface area is 149 Å². The Morgan fingerprint density at radius 3 is 2.76 bits per heavy atom. The summed E-state index contributed by atoms with van der Waals surface area (Å²) in [5.41, 5.74) is 0.470. The maximum atomic E-state index is 12.4. The van der Waals surface area contributed by atoms with Gasteiger partial charge in [-0.1, -0.05) is 6.42 Å². The van der Waals surface area contributed by atoms with E-state index in [0.29, 0.717) is 18.0 Å². The Morgan fingerprint density at radius 2 is 2.12 bits per heavy atom. The average molecular weight is 348 g/mol. The first-order valence-corrected chi connectivity index (χ1v) is 8.74. The van der Waals surface area contributed by atoms with Crippen LogP contribution in [-0.2, 0) is 4.79 Å². The third kappa shape index (κ3) is 5.70. The van der Waals surface area contributed by atoms with Gasteiger partial charge in [0.15, 0.2) is 0 Å². The van der Waals surface area contributed by atoms with Crippen molar-refractivity contribution < 1.29 is 14.3 Å². The van der Waals surface area contributed by atoms with E-state index in [1.807, 2.05) is 14.1 Å². The number of nitrogens with zero attached hydrogens (tertiary/aromatic N) is 2. The standard InChI is InChI=1S/C18H28N4O3/c1-22(2)11-5-10-19-18(24)14-6-4-7-15(14)21-17(23)13-8-9-16(25-3)20-12-13/h8-9,12,14-15H,4-7,10-11H2,1-3H3,(H,19,24)(H,21,23)/t14-,15+/m0/s1. The van der Waals surface area contributed by atoms with E-state index in [1.165, 1.54) is 13.3 Å². The summed E-state index contributed by atoms with van der Waals surface area (Å²) in [6.45, 7) is 1.60. The summed E-state index contributed by atoms with van der Waals surface area (Å²) in [6.07, 6.45) is 4.98. The van der Waals surface area contributed by atoms with Gasteiger partial charge in [0.1, 0.15) is 0 Å². The van der Waals surface area contributed by atoms with Crippen molar-refractivity contribution >= 4 is 11.8 Å². The van der Waals surface area contributed by atoms with Gasteiger partial charge in [-0.15, -0.1) is 0 Å². The number of methoxy groups -OCH3 is 1. The lowest BCUT2D eigenvalue weighted by atomic mass is 10.0. The van der Waals surface area contributed by atoms with E-state index < -0.39 is 0 Å². The van der Waals surface area contributed by atoms with Crippen LogP contribution < -0.4 is 15.4 Å². The molecule has 7 heteroatoms. The molecule has 0 aliphatic heterocycles. The molecular formula is C18H28N4O3. The Hall–Kier alpha value is -2.15. The van der Waals surface area contributed by atoms with Gasteiger partial charge >= 0.3 is 0 Å². The van der Waals surface area contributed by atoms with E-state index in [2.05, 4.69) is 20.5 Å². The molecule has 7 nitrogen and oxygen atoms in total. The zero-order chi connectivity index (χ0) is 18.2. The number of hydrogen-bond acceptors (Lipinski definition) is 5. The molecule has 25 heavy (non-hydrogen) atoms. The summed E-state index contributed by atoms with van der Waals surface area (Å²) in [6, 6.07) is 3.20. The highest BCUT2D eigenvalue weighted by Crippen LogP contribution is 2.26. The fourth-order valence-electron chi connectivity index (χ4n) is 3.07. The van der Waals surface area contributed by atoms with E-state index in [4.69, 9.17) is 4.74 Å². The topological polar surface area (TPSA) is 83.6 Å². The fourth-order valence-corrected chi connectivity index (χ4v) is 3.07. The number of nitrogens with one attached hydrogen (secondary N) is 2. The van der Waals surface area contributed by atoms with E-state index in [1.54, 1.807) is 12.1 Å². The predicted molar refractivity (Wildman–Crippen MR) is 95.6 cm³/mol. The maximum absolute atomic E-state index is 12.4. The van der Waals surface area contributed by atoms with Crippen molar-refractivity contribution in [1.29, 1.82) is 0 Å². The van der Waals surface area contributed by atoms with Gasteiger partial charge < -0.3 is 20.3 Å². The molecule has 2 atom stereocenters.